The quantitative estimate of drug-likeness (QED) is 0.890. The number of rotatable bonds is 4. The minimum Gasteiger partial charge on any atom is -0.356 e. The maximum absolute atomic E-state index is 9.32. The zero-order valence-corrected chi connectivity index (χ0v) is 12.1. The van der Waals surface area contributed by atoms with Gasteiger partial charge in [0, 0.05) is 20.1 Å². The molecule has 1 aliphatic heterocycles. The minimum absolute atomic E-state index is 0.662. The summed E-state index contributed by atoms with van der Waals surface area (Å²) in [6.45, 7) is 8.16. The zero-order chi connectivity index (χ0) is 13.8. The van der Waals surface area contributed by atoms with Gasteiger partial charge in [-0.2, -0.15) is 10.4 Å². The van der Waals surface area contributed by atoms with Crippen LogP contribution in [0.2, 0.25) is 0 Å². The number of nitriles is 1. The first-order valence-corrected chi connectivity index (χ1v) is 7.06. The third-order valence-corrected chi connectivity index (χ3v) is 3.86. The predicted molar refractivity (Wildman–Crippen MR) is 76.1 cm³/mol. The van der Waals surface area contributed by atoms with Crippen molar-refractivity contribution in [1.29, 1.82) is 5.26 Å². The lowest BCUT2D eigenvalue weighted by Crippen LogP contribution is -2.39. The molecule has 2 rings (SSSR count). The van der Waals surface area contributed by atoms with Crippen molar-refractivity contribution in [1.82, 2.24) is 15.1 Å². The molecule has 0 aliphatic carbocycles. The Morgan fingerprint density at radius 3 is 2.95 bits per heavy atom. The highest BCUT2D eigenvalue weighted by molar-refractivity contribution is 5.56. The number of nitrogens with one attached hydrogen (secondary N) is 1. The maximum Gasteiger partial charge on any atom is 0.144 e. The van der Waals surface area contributed by atoms with Crippen molar-refractivity contribution < 1.29 is 0 Å². The standard InChI is InChI=1S/C14H23N5/c1-4-19(10-12-6-5-7-16-9-12)14-13(8-15)11(2)17-18(14)3/h12,16H,4-7,9-10H2,1-3H3. The van der Waals surface area contributed by atoms with Gasteiger partial charge in [0.1, 0.15) is 17.5 Å². The smallest absolute Gasteiger partial charge is 0.144 e. The van der Waals surface area contributed by atoms with E-state index in [2.05, 4.69) is 28.3 Å². The lowest BCUT2D eigenvalue weighted by atomic mass is 9.99. The summed E-state index contributed by atoms with van der Waals surface area (Å²) in [5.41, 5.74) is 1.54. The normalized spacial score (nSPS) is 19.2. The molecule has 5 heteroatoms. The van der Waals surface area contributed by atoms with E-state index in [0.29, 0.717) is 11.5 Å². The van der Waals surface area contributed by atoms with Gasteiger partial charge in [-0.3, -0.25) is 4.68 Å². The molecule has 0 aromatic carbocycles. The Labute approximate surface area is 115 Å². The molecular weight excluding hydrogens is 238 g/mol. The molecule has 0 spiro atoms. The van der Waals surface area contributed by atoms with Crippen LogP contribution >= 0.6 is 0 Å². The molecular formula is C14H23N5. The number of hydrogen-bond acceptors (Lipinski definition) is 4. The predicted octanol–water partition coefficient (Wildman–Crippen LogP) is 1.43. The number of aromatic nitrogens is 2. The third kappa shape index (κ3) is 2.90. The second kappa shape index (κ2) is 6.07. The minimum atomic E-state index is 0.662. The van der Waals surface area contributed by atoms with Crippen LogP contribution < -0.4 is 10.2 Å². The molecule has 19 heavy (non-hydrogen) atoms. The number of aryl methyl sites for hydroxylation is 2. The van der Waals surface area contributed by atoms with E-state index in [1.807, 2.05) is 18.7 Å². The van der Waals surface area contributed by atoms with Crippen molar-refractivity contribution in [3.63, 3.8) is 0 Å². The van der Waals surface area contributed by atoms with Crippen molar-refractivity contribution in [3.8, 4) is 6.07 Å². The van der Waals surface area contributed by atoms with Crippen LogP contribution in [0, 0.1) is 24.2 Å². The highest BCUT2D eigenvalue weighted by atomic mass is 15.4. The number of hydrogen-bond donors (Lipinski definition) is 1. The van der Waals surface area contributed by atoms with Gasteiger partial charge < -0.3 is 10.2 Å². The number of anilines is 1. The van der Waals surface area contributed by atoms with Gasteiger partial charge in [-0.1, -0.05) is 0 Å². The van der Waals surface area contributed by atoms with Crippen LogP contribution in [0.15, 0.2) is 0 Å². The summed E-state index contributed by atoms with van der Waals surface area (Å²) in [7, 11) is 1.92. The third-order valence-electron chi connectivity index (χ3n) is 3.86. The fourth-order valence-corrected chi connectivity index (χ4v) is 2.90. The van der Waals surface area contributed by atoms with Crippen LogP contribution in [0.5, 0.6) is 0 Å². The van der Waals surface area contributed by atoms with E-state index in [0.717, 1.165) is 37.7 Å². The molecule has 1 atom stereocenters. The molecule has 1 aliphatic rings. The van der Waals surface area contributed by atoms with Crippen molar-refractivity contribution >= 4 is 5.82 Å². The van der Waals surface area contributed by atoms with E-state index in [1.54, 1.807) is 0 Å². The summed E-state index contributed by atoms with van der Waals surface area (Å²) >= 11 is 0. The van der Waals surface area contributed by atoms with Gasteiger partial charge in [0.25, 0.3) is 0 Å². The molecule has 5 nitrogen and oxygen atoms in total. The lowest BCUT2D eigenvalue weighted by molar-refractivity contribution is 0.376. The van der Waals surface area contributed by atoms with Crippen molar-refractivity contribution in [2.24, 2.45) is 13.0 Å². The summed E-state index contributed by atoms with van der Waals surface area (Å²) in [6.07, 6.45) is 2.51. The Morgan fingerprint density at radius 2 is 2.37 bits per heavy atom. The Hall–Kier alpha value is -1.54. The molecule has 104 valence electrons. The van der Waals surface area contributed by atoms with Crippen molar-refractivity contribution in [2.45, 2.75) is 26.7 Å². The molecule has 1 aromatic heterocycles. The number of piperidine rings is 1. The first-order valence-electron chi connectivity index (χ1n) is 7.06. The Balaban J connectivity index is 2.19. The first-order chi connectivity index (χ1) is 9.17. The van der Waals surface area contributed by atoms with Gasteiger partial charge in [-0.15, -0.1) is 0 Å². The van der Waals surface area contributed by atoms with Crippen LogP contribution in [0.4, 0.5) is 5.82 Å². The van der Waals surface area contributed by atoms with E-state index in [9.17, 15) is 5.26 Å². The van der Waals surface area contributed by atoms with Gasteiger partial charge in [-0.25, -0.2) is 0 Å². The molecule has 1 aromatic rings. The fraction of sp³-hybridized carbons (Fsp3) is 0.714. The monoisotopic (exact) mass is 261 g/mol. The fourth-order valence-electron chi connectivity index (χ4n) is 2.90. The average Bonchev–Trinajstić information content (AvgIpc) is 2.71. The van der Waals surface area contributed by atoms with Crippen LogP contribution in [0.25, 0.3) is 0 Å². The molecule has 1 N–H and O–H groups in total. The Morgan fingerprint density at radius 1 is 1.58 bits per heavy atom. The van der Waals surface area contributed by atoms with E-state index < -0.39 is 0 Å². The first kappa shape index (κ1) is 13.9. The summed E-state index contributed by atoms with van der Waals surface area (Å²) in [5, 5.41) is 17.2. The van der Waals surface area contributed by atoms with E-state index >= 15 is 0 Å². The highest BCUT2D eigenvalue weighted by Crippen LogP contribution is 2.24. The van der Waals surface area contributed by atoms with Crippen LogP contribution in [0.1, 0.15) is 31.0 Å². The Bertz CT molecular complexity index is 465. The van der Waals surface area contributed by atoms with Gasteiger partial charge in [0.05, 0.1) is 5.69 Å². The zero-order valence-electron chi connectivity index (χ0n) is 12.1. The van der Waals surface area contributed by atoms with Crippen LogP contribution in [0.3, 0.4) is 0 Å². The van der Waals surface area contributed by atoms with E-state index in [-0.39, 0.29) is 0 Å². The maximum atomic E-state index is 9.32. The second-order valence-corrected chi connectivity index (χ2v) is 5.27. The molecule has 0 amide bonds. The van der Waals surface area contributed by atoms with E-state index in [1.165, 1.54) is 12.8 Å². The molecule has 2 heterocycles. The van der Waals surface area contributed by atoms with Crippen LogP contribution in [-0.2, 0) is 7.05 Å². The average molecular weight is 261 g/mol. The Kier molecular flexibility index (Phi) is 4.43. The topological polar surface area (TPSA) is 56.9 Å². The number of nitrogens with zero attached hydrogens (tertiary/aromatic N) is 4. The highest BCUT2D eigenvalue weighted by Gasteiger charge is 2.22. The van der Waals surface area contributed by atoms with Gasteiger partial charge >= 0.3 is 0 Å². The molecule has 0 saturated carbocycles. The second-order valence-electron chi connectivity index (χ2n) is 5.27. The molecule has 1 fully saturated rings. The summed E-state index contributed by atoms with van der Waals surface area (Å²) in [4.78, 5) is 2.29. The SMILES string of the molecule is CCN(CC1CCCNC1)c1c(C#N)c(C)nn1C. The lowest BCUT2D eigenvalue weighted by Gasteiger charge is -2.30. The molecule has 1 unspecified atom stereocenters. The largest absolute Gasteiger partial charge is 0.356 e. The van der Waals surface area contributed by atoms with Crippen molar-refractivity contribution in [2.75, 3.05) is 31.1 Å². The van der Waals surface area contributed by atoms with Gasteiger partial charge in [-0.05, 0) is 45.7 Å². The summed E-state index contributed by atoms with van der Waals surface area (Å²) in [5.74, 6) is 1.63. The molecule has 1 saturated heterocycles. The van der Waals surface area contributed by atoms with Gasteiger partial charge in [0.2, 0.25) is 0 Å². The summed E-state index contributed by atoms with van der Waals surface area (Å²) < 4.78 is 1.84. The summed E-state index contributed by atoms with van der Waals surface area (Å²) in [6, 6.07) is 2.30. The molecule has 0 radical (unpaired) electrons. The molecule has 0 bridgehead atoms. The van der Waals surface area contributed by atoms with Gasteiger partial charge in [0.15, 0.2) is 0 Å². The van der Waals surface area contributed by atoms with Crippen molar-refractivity contribution in [3.05, 3.63) is 11.3 Å². The van der Waals surface area contributed by atoms with E-state index in [4.69, 9.17) is 0 Å². The van der Waals surface area contributed by atoms with Crippen LogP contribution in [-0.4, -0.2) is 36.0 Å².